The third-order valence-electron chi connectivity index (χ3n) is 5.45. The van der Waals surface area contributed by atoms with Gasteiger partial charge in [0.05, 0.1) is 21.5 Å². The average molecular weight is 518 g/mol. The van der Waals surface area contributed by atoms with Crippen LogP contribution in [-0.4, -0.2) is 26.0 Å². The summed E-state index contributed by atoms with van der Waals surface area (Å²) in [7, 11) is -4.25. The van der Waals surface area contributed by atoms with Crippen LogP contribution in [0.3, 0.4) is 0 Å². The van der Waals surface area contributed by atoms with E-state index >= 15 is 0 Å². The number of anilines is 1. The Kier molecular flexibility index (Phi) is 6.62. The molecule has 0 fully saturated rings. The fraction of sp³-hybridized carbons (Fsp3) is 0.160. The molecule has 3 aromatic carbocycles. The number of aryl methyl sites for hydroxylation is 1. The topological polar surface area (TPSA) is 83.9 Å². The summed E-state index contributed by atoms with van der Waals surface area (Å²) in [6.45, 7) is 4.06. The minimum absolute atomic E-state index is 0.0330. The minimum atomic E-state index is -4.25. The van der Waals surface area contributed by atoms with Gasteiger partial charge in [-0.05, 0) is 61.9 Å². The Morgan fingerprint density at radius 3 is 2.35 bits per heavy atom. The van der Waals surface area contributed by atoms with Crippen molar-refractivity contribution < 1.29 is 23.1 Å². The molecular weight excluding hydrogens is 497 g/mol. The molecule has 1 amide bonds. The summed E-state index contributed by atoms with van der Waals surface area (Å²) in [4.78, 5) is 14.0. The first-order valence-corrected chi connectivity index (χ1v) is 12.6. The maximum Gasteiger partial charge on any atom is 0.295 e. The van der Waals surface area contributed by atoms with Gasteiger partial charge < -0.3 is 9.84 Å². The van der Waals surface area contributed by atoms with Crippen molar-refractivity contribution in [3.63, 3.8) is 0 Å². The molecule has 0 saturated heterocycles. The van der Waals surface area contributed by atoms with Gasteiger partial charge in [-0.25, -0.2) is 8.42 Å². The van der Waals surface area contributed by atoms with Crippen LogP contribution >= 0.6 is 23.2 Å². The number of aliphatic hydroxyl groups excluding tert-OH is 1. The number of hydrogen-bond donors (Lipinski definition) is 1. The van der Waals surface area contributed by atoms with Crippen molar-refractivity contribution in [2.75, 3.05) is 11.5 Å². The summed E-state index contributed by atoms with van der Waals surface area (Å²) in [6.07, 6.45) is 0. The van der Waals surface area contributed by atoms with E-state index in [-0.39, 0.29) is 20.6 Å². The third-order valence-corrected chi connectivity index (χ3v) is 8.08. The number of sulfone groups is 1. The zero-order valence-electron chi connectivity index (χ0n) is 18.3. The smallest absolute Gasteiger partial charge is 0.295 e. The molecule has 9 heteroatoms. The van der Waals surface area contributed by atoms with E-state index < -0.39 is 32.5 Å². The molecule has 3 aromatic rings. The first-order valence-electron chi connectivity index (χ1n) is 10.4. The Balaban J connectivity index is 1.95. The highest BCUT2D eigenvalue weighted by Gasteiger charge is 2.47. The molecule has 1 heterocycles. The van der Waals surface area contributed by atoms with Gasteiger partial charge in [0.2, 0.25) is 9.84 Å². The van der Waals surface area contributed by atoms with E-state index in [9.17, 15) is 18.3 Å². The Bertz CT molecular complexity index is 1400. The van der Waals surface area contributed by atoms with E-state index in [1.165, 1.54) is 29.2 Å². The highest BCUT2D eigenvalue weighted by Crippen LogP contribution is 2.46. The second-order valence-electron chi connectivity index (χ2n) is 7.71. The predicted molar refractivity (Wildman–Crippen MR) is 132 cm³/mol. The van der Waals surface area contributed by atoms with Gasteiger partial charge in [0.1, 0.15) is 16.7 Å². The zero-order chi connectivity index (χ0) is 24.6. The number of amides is 1. The lowest BCUT2D eigenvalue weighted by Gasteiger charge is -2.27. The second-order valence-corrected chi connectivity index (χ2v) is 10.4. The number of carbonyl (C=O) groups excluding carboxylic acids is 1. The number of benzene rings is 3. The van der Waals surface area contributed by atoms with Crippen LogP contribution in [0.15, 0.2) is 82.3 Å². The van der Waals surface area contributed by atoms with Crippen LogP contribution in [0.2, 0.25) is 10.0 Å². The molecule has 6 nitrogen and oxygen atoms in total. The lowest BCUT2D eigenvalue weighted by atomic mass is 10.1. The molecule has 1 aliphatic rings. The molecule has 1 atom stereocenters. The summed E-state index contributed by atoms with van der Waals surface area (Å²) >= 11 is 12.2. The Hall–Kier alpha value is -3.00. The molecule has 0 aromatic heterocycles. The standard InChI is InChI=1S/C25H21Cl2NO5S/c1-3-33-18-6-4-5-16(13-18)22-24(34(31,32)19-10-7-15(2)8-11-19)23(29)25(30)28(22)17-9-12-20(26)21(27)14-17/h4-14,22,29H,3H2,1-2H3/t22-/m1/s1. The van der Waals surface area contributed by atoms with Gasteiger partial charge in [0.25, 0.3) is 5.91 Å². The molecule has 0 saturated carbocycles. The number of aliphatic hydroxyl groups is 1. The normalized spacial score (nSPS) is 16.3. The highest BCUT2D eigenvalue weighted by atomic mass is 35.5. The van der Waals surface area contributed by atoms with E-state index in [1.807, 2.05) is 13.8 Å². The van der Waals surface area contributed by atoms with Gasteiger partial charge in [-0.1, -0.05) is 53.0 Å². The fourth-order valence-electron chi connectivity index (χ4n) is 3.84. The van der Waals surface area contributed by atoms with Gasteiger partial charge in [-0.15, -0.1) is 0 Å². The Labute approximate surface area is 207 Å². The van der Waals surface area contributed by atoms with Gasteiger partial charge >= 0.3 is 0 Å². The van der Waals surface area contributed by atoms with Crippen molar-refractivity contribution in [1.29, 1.82) is 0 Å². The number of hydrogen-bond acceptors (Lipinski definition) is 5. The predicted octanol–water partition coefficient (Wildman–Crippen LogP) is 6.03. The minimum Gasteiger partial charge on any atom is -0.502 e. The lowest BCUT2D eigenvalue weighted by molar-refractivity contribution is -0.117. The van der Waals surface area contributed by atoms with Gasteiger partial charge in [0.15, 0.2) is 5.76 Å². The van der Waals surface area contributed by atoms with Crippen molar-refractivity contribution in [2.24, 2.45) is 0 Å². The van der Waals surface area contributed by atoms with Crippen LogP contribution < -0.4 is 9.64 Å². The molecule has 1 N–H and O–H groups in total. The summed E-state index contributed by atoms with van der Waals surface area (Å²) in [5.41, 5.74) is 1.60. The van der Waals surface area contributed by atoms with Crippen molar-refractivity contribution in [2.45, 2.75) is 24.8 Å². The Morgan fingerprint density at radius 2 is 1.71 bits per heavy atom. The van der Waals surface area contributed by atoms with Crippen LogP contribution in [0.4, 0.5) is 5.69 Å². The maximum absolute atomic E-state index is 13.7. The molecule has 0 radical (unpaired) electrons. The number of carbonyl (C=O) groups is 1. The van der Waals surface area contributed by atoms with E-state index in [0.29, 0.717) is 17.9 Å². The molecule has 0 bridgehead atoms. The quantitative estimate of drug-likeness (QED) is 0.431. The van der Waals surface area contributed by atoms with Crippen molar-refractivity contribution in [3.8, 4) is 5.75 Å². The summed E-state index contributed by atoms with van der Waals surface area (Å²) in [6, 6.07) is 16.3. The van der Waals surface area contributed by atoms with Gasteiger partial charge in [-0.2, -0.15) is 0 Å². The third kappa shape index (κ3) is 4.27. The molecule has 4 rings (SSSR count). The Morgan fingerprint density at radius 1 is 1.00 bits per heavy atom. The van der Waals surface area contributed by atoms with Crippen LogP contribution in [0.5, 0.6) is 5.75 Å². The SMILES string of the molecule is CCOc1cccc([C@@H]2C(S(=O)(=O)c3ccc(C)cc3)=C(O)C(=O)N2c2ccc(Cl)c(Cl)c2)c1. The second kappa shape index (κ2) is 9.33. The summed E-state index contributed by atoms with van der Waals surface area (Å²) in [5.74, 6) is -1.21. The summed E-state index contributed by atoms with van der Waals surface area (Å²) < 4.78 is 33.0. The molecular formula is C25H21Cl2NO5S. The maximum atomic E-state index is 13.7. The van der Waals surface area contributed by atoms with E-state index in [4.69, 9.17) is 27.9 Å². The highest BCUT2D eigenvalue weighted by molar-refractivity contribution is 7.95. The van der Waals surface area contributed by atoms with E-state index in [0.717, 1.165) is 5.56 Å². The van der Waals surface area contributed by atoms with Crippen LogP contribution in [0.25, 0.3) is 0 Å². The number of rotatable bonds is 6. The van der Waals surface area contributed by atoms with Crippen LogP contribution in [0, 0.1) is 6.92 Å². The number of ether oxygens (including phenoxy) is 1. The molecule has 0 unspecified atom stereocenters. The van der Waals surface area contributed by atoms with Gasteiger partial charge in [-0.3, -0.25) is 9.69 Å². The van der Waals surface area contributed by atoms with E-state index in [2.05, 4.69) is 0 Å². The fourth-order valence-corrected chi connectivity index (χ4v) is 5.76. The lowest BCUT2D eigenvalue weighted by Crippen LogP contribution is -2.31. The molecule has 0 aliphatic carbocycles. The van der Waals surface area contributed by atoms with E-state index in [1.54, 1.807) is 42.5 Å². The largest absolute Gasteiger partial charge is 0.502 e. The zero-order valence-corrected chi connectivity index (χ0v) is 20.7. The number of halogens is 2. The van der Waals surface area contributed by atoms with Crippen LogP contribution in [-0.2, 0) is 14.6 Å². The first-order chi connectivity index (χ1) is 16.1. The van der Waals surface area contributed by atoms with Crippen molar-refractivity contribution in [1.82, 2.24) is 0 Å². The molecule has 176 valence electrons. The van der Waals surface area contributed by atoms with Crippen molar-refractivity contribution in [3.05, 3.63) is 98.6 Å². The molecule has 0 spiro atoms. The average Bonchev–Trinajstić information content (AvgIpc) is 3.08. The molecule has 1 aliphatic heterocycles. The molecule has 34 heavy (non-hydrogen) atoms. The van der Waals surface area contributed by atoms with Crippen molar-refractivity contribution >= 4 is 44.6 Å². The van der Waals surface area contributed by atoms with Gasteiger partial charge in [0, 0.05) is 5.69 Å². The first kappa shape index (κ1) is 24.1. The monoisotopic (exact) mass is 517 g/mol. The van der Waals surface area contributed by atoms with Crippen LogP contribution in [0.1, 0.15) is 24.1 Å². The summed E-state index contributed by atoms with van der Waals surface area (Å²) in [5, 5.41) is 11.3. The number of nitrogens with zero attached hydrogens (tertiary/aromatic N) is 1.